The van der Waals surface area contributed by atoms with Gasteiger partial charge in [0.2, 0.25) is 0 Å². The second-order valence-electron chi connectivity index (χ2n) is 14.6. The number of hydrogen-bond donors (Lipinski definition) is 0. The largest absolute Gasteiger partial charge is 0.264 e. The Morgan fingerprint density at radius 2 is 0.483 bits per heavy atom. The molecule has 3 heterocycles. The van der Waals surface area contributed by atoms with Crippen LogP contribution >= 0.6 is 0 Å². The second-order valence-corrected chi connectivity index (χ2v) is 14.6. The maximum Gasteiger partial charge on any atom is 0.164 e. The highest BCUT2D eigenvalue weighted by Crippen LogP contribution is 2.37. The van der Waals surface area contributed by atoms with Gasteiger partial charge in [0.15, 0.2) is 17.5 Å². The molecule has 0 radical (unpaired) electrons. The highest BCUT2D eigenvalue weighted by atomic mass is 15.0. The van der Waals surface area contributed by atoms with Crippen molar-refractivity contribution in [3.8, 4) is 101 Å². The molecule has 0 fully saturated rings. The van der Waals surface area contributed by atoms with E-state index in [1.54, 1.807) is 12.4 Å². The minimum Gasteiger partial charge on any atom is -0.264 e. The van der Waals surface area contributed by atoms with Crippen LogP contribution in [0.15, 0.2) is 225 Å². The lowest BCUT2D eigenvalue weighted by molar-refractivity contribution is 1.07. The lowest BCUT2D eigenvalue weighted by Crippen LogP contribution is -2.01. The maximum atomic E-state index is 5.33. The molecule has 0 aliphatic carbocycles. The van der Waals surface area contributed by atoms with Crippen molar-refractivity contribution in [2.24, 2.45) is 0 Å². The molecule has 0 aliphatic rings. The number of nitrogens with zero attached hydrogens (tertiary/aromatic N) is 5. The zero-order valence-electron chi connectivity index (χ0n) is 32.6. The molecule has 0 N–H and O–H groups in total. The van der Waals surface area contributed by atoms with Gasteiger partial charge in [-0.05, 0) is 116 Å². The Balaban J connectivity index is 1.17. The standard InChI is InChI=1S/C55H37N5/c1-4-14-38(15-5-1)47-30-49(43-22-10-20-41(28-43)45-24-12-26-56-36-45)34-51(32-47)54-58-53(40-18-8-3-9-19-40)59-55(60-54)52-33-48(39-16-6-2-7-17-39)31-50(35-52)44-23-11-21-42(29-44)46-25-13-27-57-37-46/h1-37H. The van der Waals surface area contributed by atoms with Crippen molar-refractivity contribution in [3.05, 3.63) is 225 Å². The van der Waals surface area contributed by atoms with E-state index in [9.17, 15) is 0 Å². The normalized spacial score (nSPS) is 11.0. The summed E-state index contributed by atoms with van der Waals surface area (Å²) in [6.07, 6.45) is 7.40. The number of hydrogen-bond acceptors (Lipinski definition) is 5. The van der Waals surface area contributed by atoms with Crippen molar-refractivity contribution >= 4 is 0 Å². The van der Waals surface area contributed by atoms with E-state index in [-0.39, 0.29) is 0 Å². The number of pyridine rings is 2. The van der Waals surface area contributed by atoms with Crippen molar-refractivity contribution in [3.63, 3.8) is 0 Å². The van der Waals surface area contributed by atoms with E-state index >= 15 is 0 Å². The Labute approximate surface area is 349 Å². The summed E-state index contributed by atoms with van der Waals surface area (Å²) in [6, 6.07) is 69.7. The van der Waals surface area contributed by atoms with Crippen LogP contribution in [-0.2, 0) is 0 Å². The Hall–Kier alpha value is -8.15. The Kier molecular flexibility index (Phi) is 9.88. The fraction of sp³-hybridized carbons (Fsp3) is 0. The molecule has 60 heavy (non-hydrogen) atoms. The van der Waals surface area contributed by atoms with Crippen LogP contribution in [0, 0.1) is 0 Å². The van der Waals surface area contributed by atoms with E-state index in [0.717, 1.165) is 83.5 Å². The Morgan fingerprint density at radius 3 is 0.867 bits per heavy atom. The van der Waals surface area contributed by atoms with E-state index in [1.807, 2.05) is 54.9 Å². The van der Waals surface area contributed by atoms with E-state index in [1.165, 1.54) is 0 Å². The van der Waals surface area contributed by atoms with E-state index in [4.69, 9.17) is 15.0 Å². The van der Waals surface area contributed by atoms with Gasteiger partial charge < -0.3 is 0 Å². The SMILES string of the molecule is c1ccc(-c2cc(-c3cccc(-c4cccnc4)c3)cc(-c3nc(-c4ccccc4)nc(-c4cc(-c5ccccc5)cc(-c5cccc(-c6cccnc6)c5)c4)n3)c2)cc1. The first-order chi connectivity index (χ1) is 29.7. The van der Waals surface area contributed by atoms with Crippen molar-refractivity contribution in [1.29, 1.82) is 0 Å². The number of aromatic nitrogens is 5. The van der Waals surface area contributed by atoms with Crippen LogP contribution in [0.25, 0.3) is 101 Å². The van der Waals surface area contributed by atoms with Gasteiger partial charge in [-0.3, -0.25) is 9.97 Å². The van der Waals surface area contributed by atoms with Crippen molar-refractivity contribution in [1.82, 2.24) is 24.9 Å². The minimum absolute atomic E-state index is 0.589. The molecule has 282 valence electrons. The molecule has 7 aromatic carbocycles. The average Bonchev–Trinajstić information content (AvgIpc) is 3.35. The maximum absolute atomic E-state index is 5.33. The summed E-state index contributed by atoms with van der Waals surface area (Å²) in [5.41, 5.74) is 15.7. The lowest BCUT2D eigenvalue weighted by Gasteiger charge is -2.14. The molecule has 10 aromatic rings. The van der Waals surface area contributed by atoms with Gasteiger partial charge in [0, 0.05) is 52.6 Å². The smallest absolute Gasteiger partial charge is 0.164 e. The van der Waals surface area contributed by atoms with E-state index in [2.05, 4.69) is 168 Å². The molecule has 5 nitrogen and oxygen atoms in total. The van der Waals surface area contributed by atoms with Gasteiger partial charge in [-0.15, -0.1) is 0 Å². The third-order valence-corrected chi connectivity index (χ3v) is 10.6. The fourth-order valence-corrected chi connectivity index (χ4v) is 7.62. The molecular formula is C55H37N5. The summed E-state index contributed by atoms with van der Waals surface area (Å²) in [5, 5.41) is 0. The molecular weight excluding hydrogens is 731 g/mol. The van der Waals surface area contributed by atoms with Crippen LogP contribution in [-0.4, -0.2) is 24.9 Å². The van der Waals surface area contributed by atoms with Crippen molar-refractivity contribution in [2.45, 2.75) is 0 Å². The van der Waals surface area contributed by atoms with Crippen LogP contribution in [0.4, 0.5) is 0 Å². The monoisotopic (exact) mass is 767 g/mol. The molecule has 0 aliphatic heterocycles. The van der Waals surface area contributed by atoms with Gasteiger partial charge in [-0.2, -0.15) is 0 Å². The Bertz CT molecular complexity index is 2880. The quantitative estimate of drug-likeness (QED) is 0.146. The van der Waals surface area contributed by atoms with E-state index in [0.29, 0.717) is 17.5 Å². The van der Waals surface area contributed by atoms with Gasteiger partial charge in [0.05, 0.1) is 0 Å². The topological polar surface area (TPSA) is 64.5 Å². The van der Waals surface area contributed by atoms with Gasteiger partial charge in [0.25, 0.3) is 0 Å². The summed E-state index contributed by atoms with van der Waals surface area (Å²) in [7, 11) is 0. The van der Waals surface area contributed by atoms with Gasteiger partial charge in [0.1, 0.15) is 0 Å². The zero-order chi connectivity index (χ0) is 40.1. The average molecular weight is 768 g/mol. The predicted octanol–water partition coefficient (Wildman–Crippen LogP) is 13.7. The Morgan fingerprint density at radius 1 is 0.200 bits per heavy atom. The second kappa shape index (κ2) is 16.4. The summed E-state index contributed by atoms with van der Waals surface area (Å²) >= 11 is 0. The van der Waals surface area contributed by atoms with Crippen molar-refractivity contribution in [2.75, 3.05) is 0 Å². The van der Waals surface area contributed by atoms with Crippen molar-refractivity contribution < 1.29 is 0 Å². The molecule has 0 saturated heterocycles. The molecule has 0 unspecified atom stereocenters. The van der Waals surface area contributed by atoms with Gasteiger partial charge >= 0.3 is 0 Å². The summed E-state index contributed by atoms with van der Waals surface area (Å²) in [5.74, 6) is 1.78. The third kappa shape index (κ3) is 7.76. The van der Waals surface area contributed by atoms with Crippen LogP contribution in [0.1, 0.15) is 0 Å². The van der Waals surface area contributed by atoms with Gasteiger partial charge in [-0.25, -0.2) is 15.0 Å². The molecule has 0 saturated carbocycles. The van der Waals surface area contributed by atoms with Crippen LogP contribution < -0.4 is 0 Å². The molecule has 5 heteroatoms. The third-order valence-electron chi connectivity index (χ3n) is 10.6. The highest BCUT2D eigenvalue weighted by molar-refractivity contribution is 5.84. The summed E-state index contributed by atoms with van der Waals surface area (Å²) in [4.78, 5) is 24.5. The first-order valence-corrected chi connectivity index (χ1v) is 20.0. The number of benzene rings is 7. The lowest BCUT2D eigenvalue weighted by atomic mass is 9.93. The predicted molar refractivity (Wildman–Crippen MR) is 244 cm³/mol. The van der Waals surface area contributed by atoms with Crippen LogP contribution in [0.5, 0.6) is 0 Å². The van der Waals surface area contributed by atoms with Crippen LogP contribution in [0.2, 0.25) is 0 Å². The fourth-order valence-electron chi connectivity index (χ4n) is 7.62. The molecule has 10 rings (SSSR count). The molecule has 0 bridgehead atoms. The van der Waals surface area contributed by atoms with E-state index < -0.39 is 0 Å². The van der Waals surface area contributed by atoms with Gasteiger partial charge in [-0.1, -0.05) is 140 Å². The minimum atomic E-state index is 0.589. The molecule has 3 aromatic heterocycles. The van der Waals surface area contributed by atoms with Crippen LogP contribution in [0.3, 0.4) is 0 Å². The molecule has 0 atom stereocenters. The first kappa shape index (κ1) is 36.2. The molecule has 0 spiro atoms. The summed E-state index contributed by atoms with van der Waals surface area (Å²) < 4.78 is 0. The zero-order valence-corrected chi connectivity index (χ0v) is 32.6. The summed E-state index contributed by atoms with van der Waals surface area (Å²) in [6.45, 7) is 0. The first-order valence-electron chi connectivity index (χ1n) is 20.0. The number of rotatable bonds is 9. The molecule has 0 amide bonds. The highest BCUT2D eigenvalue weighted by Gasteiger charge is 2.17.